The molecule has 0 unspecified atom stereocenters. The smallest absolute Gasteiger partial charge is 0.161 e. The van der Waals surface area contributed by atoms with E-state index in [1.165, 1.54) is 51.5 Å². The van der Waals surface area contributed by atoms with E-state index in [1.807, 2.05) is 22.7 Å². The Morgan fingerprint density at radius 3 is 1.42 bits per heavy atom. The Morgan fingerprint density at radius 2 is 0.780 bits per heavy atom. The normalized spacial score (nSPS) is 11.6. The molecule has 0 saturated heterocycles. The Morgan fingerprint density at radius 1 is 0.320 bits per heavy atom. The monoisotopic (exact) mass is 672 g/mol. The highest BCUT2D eigenvalue weighted by molar-refractivity contribution is 7.26. The van der Waals surface area contributed by atoms with Crippen LogP contribution in [0.2, 0.25) is 0 Å². The van der Waals surface area contributed by atoms with Crippen molar-refractivity contribution in [1.82, 2.24) is 9.97 Å². The maximum absolute atomic E-state index is 5.41. The lowest BCUT2D eigenvalue weighted by Crippen LogP contribution is -1.97. The largest absolute Gasteiger partial charge is 0.228 e. The number of rotatable bonds is 5. The lowest BCUT2D eigenvalue weighted by atomic mass is 9.95. The lowest BCUT2D eigenvalue weighted by Gasteiger charge is -2.14. The molecule has 0 radical (unpaired) electrons. The molecule has 3 heterocycles. The fraction of sp³-hybridized carbons (Fsp3) is 0. The summed E-state index contributed by atoms with van der Waals surface area (Å²) in [6.07, 6.45) is 0. The quantitative estimate of drug-likeness (QED) is 0.182. The molecule has 0 bridgehead atoms. The maximum atomic E-state index is 5.41. The molecule has 234 valence electrons. The third kappa shape index (κ3) is 4.84. The molecule has 0 aliphatic rings. The molecule has 0 atom stereocenters. The number of hydrogen-bond acceptors (Lipinski definition) is 4. The van der Waals surface area contributed by atoms with Crippen LogP contribution in [0, 0.1) is 0 Å². The molecule has 0 fully saturated rings. The van der Waals surface area contributed by atoms with Crippen LogP contribution in [-0.2, 0) is 0 Å². The minimum absolute atomic E-state index is 0.717. The molecule has 10 rings (SSSR count). The van der Waals surface area contributed by atoms with Crippen molar-refractivity contribution in [2.24, 2.45) is 0 Å². The van der Waals surface area contributed by atoms with E-state index in [2.05, 4.69) is 170 Å². The molecule has 7 aromatic carbocycles. The van der Waals surface area contributed by atoms with Gasteiger partial charge in [0.05, 0.1) is 11.4 Å². The van der Waals surface area contributed by atoms with E-state index < -0.39 is 0 Å². The molecule has 0 aliphatic carbocycles. The topological polar surface area (TPSA) is 25.8 Å². The van der Waals surface area contributed by atoms with E-state index in [9.17, 15) is 0 Å². The summed E-state index contributed by atoms with van der Waals surface area (Å²) in [5.74, 6) is 0.717. The van der Waals surface area contributed by atoms with Gasteiger partial charge in [-0.25, -0.2) is 9.97 Å². The Bertz CT molecular complexity index is 2750. The third-order valence-corrected chi connectivity index (χ3v) is 12.0. The summed E-state index contributed by atoms with van der Waals surface area (Å²) in [4.78, 5) is 10.8. The predicted molar refractivity (Wildman–Crippen MR) is 215 cm³/mol. The zero-order chi connectivity index (χ0) is 33.0. The van der Waals surface area contributed by atoms with Gasteiger partial charge in [0.1, 0.15) is 0 Å². The Hall–Kier alpha value is -5.94. The molecule has 50 heavy (non-hydrogen) atoms. The van der Waals surface area contributed by atoms with E-state index in [-0.39, 0.29) is 0 Å². The van der Waals surface area contributed by atoms with Crippen LogP contribution < -0.4 is 0 Å². The molecular weight excluding hydrogens is 645 g/mol. The van der Waals surface area contributed by atoms with Crippen molar-refractivity contribution in [1.29, 1.82) is 0 Å². The van der Waals surface area contributed by atoms with Crippen LogP contribution in [-0.4, -0.2) is 9.97 Å². The zero-order valence-corrected chi connectivity index (χ0v) is 28.5. The van der Waals surface area contributed by atoms with Crippen LogP contribution in [0.5, 0.6) is 0 Å². The first-order valence-corrected chi connectivity index (χ1v) is 18.4. The second-order valence-corrected chi connectivity index (χ2v) is 14.6. The highest BCUT2D eigenvalue weighted by Crippen LogP contribution is 2.43. The predicted octanol–water partition coefficient (Wildman–Crippen LogP) is 13.5. The summed E-state index contributed by atoms with van der Waals surface area (Å²) in [5, 5.41) is 5.08. The second kappa shape index (κ2) is 11.9. The Labute approximate surface area is 297 Å². The van der Waals surface area contributed by atoms with Gasteiger partial charge in [-0.3, -0.25) is 0 Å². The second-order valence-electron chi connectivity index (χ2n) is 12.5. The third-order valence-electron chi connectivity index (χ3n) is 9.54. The van der Waals surface area contributed by atoms with Gasteiger partial charge in [-0.05, 0) is 46.5 Å². The lowest BCUT2D eigenvalue weighted by molar-refractivity contribution is 1.19. The van der Waals surface area contributed by atoms with Gasteiger partial charge in [0, 0.05) is 57.0 Å². The van der Waals surface area contributed by atoms with Crippen molar-refractivity contribution in [3.63, 3.8) is 0 Å². The average Bonchev–Trinajstić information content (AvgIpc) is 3.77. The standard InChI is InChI=1S/C46H28N2S2/c1-2-13-29(14-3-1)30-15-10-16-31(27-30)32-17-4-5-20-37(32)46-47-40(38-23-11-21-35-33-18-6-8-25-42(33)49-44(35)38)28-41(48-46)39-24-12-22-36-34-19-7-9-26-43(34)50-45(36)39/h1-28H. The molecule has 0 spiro atoms. The number of hydrogen-bond donors (Lipinski definition) is 0. The van der Waals surface area contributed by atoms with Crippen molar-refractivity contribution in [2.45, 2.75) is 0 Å². The van der Waals surface area contributed by atoms with Gasteiger partial charge in [-0.2, -0.15) is 0 Å². The first-order chi connectivity index (χ1) is 24.8. The van der Waals surface area contributed by atoms with Crippen molar-refractivity contribution in [3.05, 3.63) is 170 Å². The van der Waals surface area contributed by atoms with Crippen molar-refractivity contribution >= 4 is 63.0 Å². The molecule has 0 N–H and O–H groups in total. The fourth-order valence-corrected chi connectivity index (χ4v) is 9.62. The summed E-state index contributed by atoms with van der Waals surface area (Å²) < 4.78 is 5.05. The van der Waals surface area contributed by atoms with Crippen LogP contribution in [0.25, 0.3) is 96.5 Å². The van der Waals surface area contributed by atoms with Gasteiger partial charge in [-0.1, -0.05) is 146 Å². The Kier molecular flexibility index (Phi) is 6.90. The van der Waals surface area contributed by atoms with Crippen LogP contribution in [0.1, 0.15) is 0 Å². The number of benzene rings is 7. The van der Waals surface area contributed by atoms with Gasteiger partial charge in [-0.15, -0.1) is 22.7 Å². The van der Waals surface area contributed by atoms with Crippen LogP contribution in [0.15, 0.2) is 170 Å². The highest BCUT2D eigenvalue weighted by Gasteiger charge is 2.19. The van der Waals surface area contributed by atoms with Gasteiger partial charge in [0.15, 0.2) is 5.82 Å². The van der Waals surface area contributed by atoms with Gasteiger partial charge < -0.3 is 0 Å². The number of nitrogens with zero attached hydrogens (tertiary/aromatic N) is 2. The SMILES string of the molecule is c1ccc(-c2cccc(-c3ccccc3-c3nc(-c4cccc5c4sc4ccccc45)cc(-c4cccc5c4sc4ccccc45)n3)c2)cc1. The van der Waals surface area contributed by atoms with Crippen molar-refractivity contribution < 1.29 is 0 Å². The molecule has 0 aliphatic heterocycles. The summed E-state index contributed by atoms with van der Waals surface area (Å²) >= 11 is 3.67. The zero-order valence-electron chi connectivity index (χ0n) is 26.9. The van der Waals surface area contributed by atoms with Crippen molar-refractivity contribution in [3.8, 4) is 56.2 Å². The van der Waals surface area contributed by atoms with Crippen LogP contribution in [0.3, 0.4) is 0 Å². The molecular formula is C46H28N2S2. The molecule has 0 saturated carbocycles. The van der Waals surface area contributed by atoms with E-state index in [0.717, 1.165) is 45.0 Å². The summed E-state index contributed by atoms with van der Waals surface area (Å²) in [5.41, 5.74) is 9.72. The minimum Gasteiger partial charge on any atom is -0.228 e. The molecule has 4 heteroatoms. The van der Waals surface area contributed by atoms with Crippen molar-refractivity contribution in [2.75, 3.05) is 0 Å². The molecule has 3 aromatic heterocycles. The summed E-state index contributed by atoms with van der Waals surface area (Å²) in [6, 6.07) is 60.6. The van der Waals surface area contributed by atoms with E-state index in [1.54, 1.807) is 0 Å². The minimum atomic E-state index is 0.717. The molecule has 2 nitrogen and oxygen atoms in total. The average molecular weight is 673 g/mol. The molecule has 10 aromatic rings. The molecule has 0 amide bonds. The number of thiophene rings is 2. The number of aromatic nitrogens is 2. The van der Waals surface area contributed by atoms with Crippen LogP contribution in [0.4, 0.5) is 0 Å². The van der Waals surface area contributed by atoms with Gasteiger partial charge >= 0.3 is 0 Å². The first-order valence-electron chi connectivity index (χ1n) is 16.7. The van der Waals surface area contributed by atoms with E-state index >= 15 is 0 Å². The summed E-state index contributed by atoms with van der Waals surface area (Å²) in [6.45, 7) is 0. The maximum Gasteiger partial charge on any atom is 0.161 e. The fourth-order valence-electron chi connectivity index (χ4n) is 7.17. The van der Waals surface area contributed by atoms with E-state index in [0.29, 0.717) is 0 Å². The number of fused-ring (bicyclic) bond motifs is 6. The highest BCUT2D eigenvalue weighted by atomic mass is 32.1. The Balaban J connectivity index is 1.23. The summed E-state index contributed by atoms with van der Waals surface area (Å²) in [7, 11) is 0. The van der Waals surface area contributed by atoms with E-state index in [4.69, 9.17) is 9.97 Å². The first kappa shape index (κ1) is 29.0. The van der Waals surface area contributed by atoms with Gasteiger partial charge in [0.25, 0.3) is 0 Å². The van der Waals surface area contributed by atoms with Crippen LogP contribution >= 0.6 is 22.7 Å². The van der Waals surface area contributed by atoms with Gasteiger partial charge in [0.2, 0.25) is 0 Å².